The zero-order valence-electron chi connectivity index (χ0n) is 11.7. The molecule has 1 fully saturated rings. The third-order valence-electron chi connectivity index (χ3n) is 4.00. The summed E-state index contributed by atoms with van der Waals surface area (Å²) in [5.74, 6) is 0. The van der Waals surface area contributed by atoms with E-state index < -0.39 is 0 Å². The van der Waals surface area contributed by atoms with E-state index in [9.17, 15) is 4.79 Å². The van der Waals surface area contributed by atoms with Gasteiger partial charge in [0.05, 0.1) is 10.7 Å². The minimum absolute atomic E-state index is 0.207. The van der Waals surface area contributed by atoms with E-state index in [0.29, 0.717) is 17.3 Å². The molecule has 1 aliphatic carbocycles. The van der Waals surface area contributed by atoms with Gasteiger partial charge in [0.1, 0.15) is 0 Å². The summed E-state index contributed by atoms with van der Waals surface area (Å²) < 4.78 is 5.15. The van der Waals surface area contributed by atoms with Crippen molar-refractivity contribution in [3.63, 3.8) is 0 Å². The summed E-state index contributed by atoms with van der Waals surface area (Å²) in [4.78, 5) is 11.9. The highest BCUT2D eigenvalue weighted by molar-refractivity contribution is 6.33. The Labute approximate surface area is 124 Å². The van der Waals surface area contributed by atoms with E-state index in [1.807, 2.05) is 12.1 Å². The molecule has 4 nitrogen and oxygen atoms in total. The average molecular weight is 297 g/mol. The van der Waals surface area contributed by atoms with Crippen LogP contribution in [0.5, 0.6) is 0 Å². The van der Waals surface area contributed by atoms with Crippen molar-refractivity contribution in [2.45, 2.75) is 25.7 Å². The summed E-state index contributed by atoms with van der Waals surface area (Å²) in [6, 6.07) is 7.00. The van der Waals surface area contributed by atoms with Crippen molar-refractivity contribution in [2.24, 2.45) is 5.41 Å². The van der Waals surface area contributed by atoms with Crippen LogP contribution in [0.4, 0.5) is 10.5 Å². The molecular formula is C15H21ClN2O2. The summed E-state index contributed by atoms with van der Waals surface area (Å²) in [5.41, 5.74) is 0.847. The summed E-state index contributed by atoms with van der Waals surface area (Å²) in [7, 11) is 1.71. The molecular weight excluding hydrogens is 276 g/mol. The van der Waals surface area contributed by atoms with E-state index in [4.69, 9.17) is 16.3 Å². The van der Waals surface area contributed by atoms with Crippen LogP contribution in [0.1, 0.15) is 25.7 Å². The van der Waals surface area contributed by atoms with E-state index in [1.165, 1.54) is 6.42 Å². The van der Waals surface area contributed by atoms with Gasteiger partial charge < -0.3 is 15.4 Å². The van der Waals surface area contributed by atoms with Gasteiger partial charge in [-0.05, 0) is 36.8 Å². The van der Waals surface area contributed by atoms with E-state index in [0.717, 1.165) is 25.9 Å². The summed E-state index contributed by atoms with van der Waals surface area (Å²) in [6.07, 6.45) is 4.54. The van der Waals surface area contributed by atoms with Crippen LogP contribution in [0.3, 0.4) is 0 Å². The molecule has 2 rings (SSSR count). The predicted molar refractivity (Wildman–Crippen MR) is 81.3 cm³/mol. The number of nitrogens with one attached hydrogen (secondary N) is 2. The quantitative estimate of drug-likeness (QED) is 0.841. The zero-order chi connectivity index (χ0) is 14.4. The second-order valence-electron chi connectivity index (χ2n) is 5.38. The molecule has 1 aliphatic rings. The number of anilines is 1. The molecule has 1 aromatic carbocycles. The number of hydrogen-bond acceptors (Lipinski definition) is 2. The summed E-state index contributed by atoms with van der Waals surface area (Å²) >= 11 is 6.01. The SMILES string of the molecule is COCCC1(CNC(=O)Nc2ccccc2Cl)CCC1. The molecule has 0 aromatic heterocycles. The van der Waals surface area contributed by atoms with Gasteiger partial charge in [0.15, 0.2) is 0 Å². The van der Waals surface area contributed by atoms with Gasteiger partial charge in [-0.25, -0.2) is 4.79 Å². The maximum Gasteiger partial charge on any atom is 0.319 e. The predicted octanol–water partition coefficient (Wildman–Crippen LogP) is 3.67. The molecule has 0 atom stereocenters. The van der Waals surface area contributed by atoms with Gasteiger partial charge in [-0.2, -0.15) is 0 Å². The van der Waals surface area contributed by atoms with E-state index in [-0.39, 0.29) is 11.4 Å². The van der Waals surface area contributed by atoms with Crippen molar-refractivity contribution in [3.05, 3.63) is 29.3 Å². The number of ether oxygens (including phenoxy) is 1. The lowest BCUT2D eigenvalue weighted by Crippen LogP contribution is -2.44. The highest BCUT2D eigenvalue weighted by Gasteiger charge is 2.36. The van der Waals surface area contributed by atoms with Crippen LogP contribution >= 0.6 is 11.6 Å². The standard InChI is InChI=1S/C15H21ClN2O2/c1-20-10-9-15(7-4-8-15)11-17-14(19)18-13-6-3-2-5-12(13)16/h2-3,5-6H,4,7-11H2,1H3,(H2,17,18,19). The maximum absolute atomic E-state index is 11.9. The van der Waals surface area contributed by atoms with Crippen molar-refractivity contribution in [2.75, 3.05) is 25.6 Å². The lowest BCUT2D eigenvalue weighted by atomic mass is 9.67. The highest BCUT2D eigenvalue weighted by Crippen LogP contribution is 2.43. The molecule has 1 aromatic rings. The lowest BCUT2D eigenvalue weighted by Gasteiger charge is -2.42. The Morgan fingerprint density at radius 2 is 2.15 bits per heavy atom. The molecule has 2 N–H and O–H groups in total. The molecule has 0 radical (unpaired) electrons. The molecule has 0 bridgehead atoms. The number of benzene rings is 1. The third-order valence-corrected chi connectivity index (χ3v) is 4.33. The first-order valence-corrected chi connectivity index (χ1v) is 7.31. The molecule has 0 unspecified atom stereocenters. The minimum atomic E-state index is -0.207. The van der Waals surface area contributed by atoms with Crippen molar-refractivity contribution in [3.8, 4) is 0 Å². The molecule has 1 saturated carbocycles. The lowest BCUT2D eigenvalue weighted by molar-refractivity contribution is 0.0717. The normalized spacial score (nSPS) is 16.3. The molecule has 110 valence electrons. The fourth-order valence-corrected chi connectivity index (χ4v) is 2.69. The number of amides is 2. The molecule has 0 aliphatic heterocycles. The molecule has 2 amide bonds. The highest BCUT2D eigenvalue weighted by atomic mass is 35.5. The summed E-state index contributed by atoms with van der Waals surface area (Å²) in [5, 5.41) is 6.26. The number of halogens is 1. The van der Waals surface area contributed by atoms with Gasteiger partial charge in [-0.15, -0.1) is 0 Å². The number of methoxy groups -OCH3 is 1. The average Bonchev–Trinajstić information content (AvgIpc) is 2.40. The van der Waals surface area contributed by atoms with Crippen LogP contribution in [0.2, 0.25) is 5.02 Å². The van der Waals surface area contributed by atoms with Crippen LogP contribution in [0.15, 0.2) is 24.3 Å². The number of carbonyl (C=O) groups is 1. The Morgan fingerprint density at radius 3 is 2.75 bits per heavy atom. The molecule has 0 saturated heterocycles. The fourth-order valence-electron chi connectivity index (χ4n) is 2.51. The first kappa shape index (κ1) is 15.1. The van der Waals surface area contributed by atoms with Crippen molar-refractivity contribution in [1.82, 2.24) is 5.32 Å². The monoisotopic (exact) mass is 296 g/mol. The zero-order valence-corrected chi connectivity index (χ0v) is 12.5. The Hall–Kier alpha value is -1.26. The van der Waals surface area contributed by atoms with Gasteiger partial charge in [0, 0.05) is 20.3 Å². The Morgan fingerprint density at radius 1 is 1.40 bits per heavy atom. The molecule has 20 heavy (non-hydrogen) atoms. The molecule has 0 spiro atoms. The van der Waals surface area contributed by atoms with Crippen LogP contribution in [-0.4, -0.2) is 26.3 Å². The van der Waals surface area contributed by atoms with Gasteiger partial charge in [-0.1, -0.05) is 30.2 Å². The fraction of sp³-hybridized carbons (Fsp3) is 0.533. The Kier molecular flexibility index (Phi) is 5.26. The number of urea groups is 1. The smallest absolute Gasteiger partial charge is 0.319 e. The maximum atomic E-state index is 11.9. The largest absolute Gasteiger partial charge is 0.385 e. The first-order valence-electron chi connectivity index (χ1n) is 6.94. The van der Waals surface area contributed by atoms with Crippen molar-refractivity contribution < 1.29 is 9.53 Å². The van der Waals surface area contributed by atoms with E-state index in [2.05, 4.69) is 10.6 Å². The number of hydrogen-bond donors (Lipinski definition) is 2. The van der Waals surface area contributed by atoms with Crippen molar-refractivity contribution in [1.29, 1.82) is 0 Å². The Balaban J connectivity index is 1.81. The number of carbonyl (C=O) groups excluding carboxylic acids is 1. The summed E-state index contributed by atoms with van der Waals surface area (Å²) in [6.45, 7) is 1.43. The number of para-hydroxylation sites is 1. The van der Waals surface area contributed by atoms with Crippen LogP contribution in [0, 0.1) is 5.41 Å². The minimum Gasteiger partial charge on any atom is -0.385 e. The molecule has 0 heterocycles. The second-order valence-corrected chi connectivity index (χ2v) is 5.79. The van der Waals surface area contributed by atoms with E-state index in [1.54, 1.807) is 19.2 Å². The first-order chi connectivity index (χ1) is 9.65. The Bertz CT molecular complexity index is 461. The topological polar surface area (TPSA) is 50.4 Å². The van der Waals surface area contributed by atoms with Gasteiger partial charge in [0.25, 0.3) is 0 Å². The second kappa shape index (κ2) is 6.95. The third kappa shape index (κ3) is 3.87. The number of rotatable bonds is 6. The van der Waals surface area contributed by atoms with Gasteiger partial charge in [-0.3, -0.25) is 0 Å². The van der Waals surface area contributed by atoms with Crippen molar-refractivity contribution >= 4 is 23.3 Å². The van der Waals surface area contributed by atoms with Gasteiger partial charge in [0.2, 0.25) is 0 Å². The van der Waals surface area contributed by atoms with E-state index >= 15 is 0 Å². The van der Waals surface area contributed by atoms with Crippen LogP contribution < -0.4 is 10.6 Å². The van der Waals surface area contributed by atoms with Crippen LogP contribution in [-0.2, 0) is 4.74 Å². The van der Waals surface area contributed by atoms with Crippen LogP contribution in [0.25, 0.3) is 0 Å². The molecule has 5 heteroatoms. The van der Waals surface area contributed by atoms with Gasteiger partial charge >= 0.3 is 6.03 Å².